The molecule has 4 heteroatoms. The van der Waals surface area contributed by atoms with E-state index in [0.717, 1.165) is 10.6 Å². The molecule has 1 atom stereocenters. The van der Waals surface area contributed by atoms with Crippen molar-refractivity contribution in [2.24, 2.45) is 0 Å². The number of imide groups is 1. The molecule has 1 aliphatic heterocycles. The number of carbonyl (C=O) groups is 2. The molecule has 21 heavy (non-hydrogen) atoms. The van der Waals surface area contributed by atoms with Crippen molar-refractivity contribution >= 4 is 11.8 Å². The van der Waals surface area contributed by atoms with Crippen LogP contribution in [0.4, 0.5) is 0 Å². The Kier molecular flexibility index (Phi) is 3.11. The fraction of sp³-hybridized carbons (Fsp3) is 0.176. The van der Waals surface area contributed by atoms with Crippen molar-refractivity contribution < 1.29 is 14.4 Å². The van der Waals surface area contributed by atoms with E-state index in [2.05, 4.69) is 0 Å². The smallest absolute Gasteiger partial charge is 0.271 e. The lowest BCUT2D eigenvalue weighted by Gasteiger charge is -2.38. The second kappa shape index (κ2) is 4.82. The van der Waals surface area contributed by atoms with Crippen LogP contribution < -0.4 is 0 Å². The molecule has 0 radical (unpaired) electrons. The Morgan fingerprint density at radius 3 is 2.24 bits per heavy atom. The van der Waals surface area contributed by atoms with E-state index in [9.17, 15) is 9.59 Å². The van der Waals surface area contributed by atoms with Crippen LogP contribution in [-0.2, 0) is 15.0 Å². The maximum atomic E-state index is 12.8. The Bertz CT molecular complexity index is 711. The van der Waals surface area contributed by atoms with Gasteiger partial charge >= 0.3 is 0 Å². The van der Waals surface area contributed by atoms with Crippen LogP contribution >= 0.6 is 0 Å². The summed E-state index contributed by atoms with van der Waals surface area (Å²) in [5, 5.41) is 0.843. The Balaban J connectivity index is 2.31. The molecule has 0 fully saturated rings. The number of hydrogen-bond donors (Lipinski definition) is 0. The third-order valence-electron chi connectivity index (χ3n) is 4.03. The molecule has 0 aromatic heterocycles. The van der Waals surface area contributed by atoms with E-state index in [4.69, 9.17) is 4.84 Å². The highest BCUT2D eigenvalue weighted by Gasteiger charge is 2.49. The maximum Gasteiger partial charge on any atom is 0.285 e. The lowest BCUT2D eigenvalue weighted by molar-refractivity contribution is -0.167. The summed E-state index contributed by atoms with van der Waals surface area (Å²) in [7, 11) is 1.33. The fourth-order valence-corrected chi connectivity index (χ4v) is 2.84. The molecule has 106 valence electrons. The van der Waals surface area contributed by atoms with Crippen LogP contribution in [0.2, 0.25) is 0 Å². The Morgan fingerprint density at radius 1 is 0.952 bits per heavy atom. The molecule has 2 aromatic carbocycles. The zero-order chi connectivity index (χ0) is 15.0. The SMILES string of the molecule is CON1C(=O)c2ccccc2[C@@](C)(c2ccccc2)C1=O. The quantitative estimate of drug-likeness (QED) is 0.795. The van der Waals surface area contributed by atoms with E-state index in [-0.39, 0.29) is 5.91 Å². The Hall–Kier alpha value is -2.46. The molecule has 0 saturated carbocycles. The number of benzene rings is 2. The minimum Gasteiger partial charge on any atom is -0.271 e. The van der Waals surface area contributed by atoms with Crippen molar-refractivity contribution in [2.75, 3.05) is 7.11 Å². The third kappa shape index (κ3) is 1.80. The van der Waals surface area contributed by atoms with Crippen LogP contribution in [0.5, 0.6) is 0 Å². The lowest BCUT2D eigenvalue weighted by atomic mass is 9.71. The first-order valence-electron chi connectivity index (χ1n) is 6.68. The first kappa shape index (κ1) is 13.5. The topological polar surface area (TPSA) is 46.6 Å². The van der Waals surface area contributed by atoms with Crippen molar-refractivity contribution in [1.29, 1.82) is 0 Å². The molecule has 1 heterocycles. The van der Waals surface area contributed by atoms with Gasteiger partial charge in [-0.15, -0.1) is 5.06 Å². The zero-order valence-electron chi connectivity index (χ0n) is 11.9. The highest BCUT2D eigenvalue weighted by Crippen LogP contribution is 2.39. The summed E-state index contributed by atoms with van der Waals surface area (Å²) in [5.41, 5.74) is 1.09. The standard InChI is InChI=1S/C17H15NO3/c1-17(12-8-4-3-5-9-12)14-11-7-6-10-13(14)15(19)18(21-2)16(17)20/h3-11H,1-2H3/t17-/m1/s1. The maximum absolute atomic E-state index is 12.8. The van der Waals surface area contributed by atoms with Gasteiger partial charge in [0.25, 0.3) is 11.8 Å². The van der Waals surface area contributed by atoms with Crippen LogP contribution in [0.1, 0.15) is 28.4 Å². The largest absolute Gasteiger partial charge is 0.285 e. The number of carbonyl (C=O) groups excluding carboxylic acids is 2. The highest BCUT2D eigenvalue weighted by atomic mass is 16.7. The summed E-state index contributed by atoms with van der Waals surface area (Å²) >= 11 is 0. The van der Waals surface area contributed by atoms with Gasteiger partial charge in [-0.05, 0) is 24.1 Å². The van der Waals surface area contributed by atoms with Crippen LogP contribution in [-0.4, -0.2) is 24.0 Å². The second-order valence-corrected chi connectivity index (χ2v) is 5.12. The van der Waals surface area contributed by atoms with Crippen LogP contribution in [0.3, 0.4) is 0 Å². The van der Waals surface area contributed by atoms with Crippen LogP contribution in [0.25, 0.3) is 0 Å². The molecular weight excluding hydrogens is 266 g/mol. The summed E-state index contributed by atoms with van der Waals surface area (Å²) in [6, 6.07) is 16.6. The van der Waals surface area contributed by atoms with Gasteiger partial charge in [-0.3, -0.25) is 14.4 Å². The van der Waals surface area contributed by atoms with E-state index in [0.29, 0.717) is 11.1 Å². The first-order chi connectivity index (χ1) is 10.1. The fourth-order valence-electron chi connectivity index (χ4n) is 2.84. The summed E-state index contributed by atoms with van der Waals surface area (Å²) in [5.74, 6) is -0.800. The van der Waals surface area contributed by atoms with Crippen LogP contribution in [0, 0.1) is 0 Å². The molecule has 0 N–H and O–H groups in total. The predicted molar refractivity (Wildman–Crippen MR) is 77.5 cm³/mol. The van der Waals surface area contributed by atoms with Gasteiger partial charge < -0.3 is 0 Å². The Labute approximate surface area is 122 Å². The van der Waals surface area contributed by atoms with Crippen molar-refractivity contribution in [3.05, 3.63) is 71.3 Å². The van der Waals surface area contributed by atoms with Gasteiger partial charge in [-0.2, -0.15) is 0 Å². The number of rotatable bonds is 2. The molecule has 2 amide bonds. The number of hydroxylamine groups is 2. The van der Waals surface area contributed by atoms with Crippen LogP contribution in [0.15, 0.2) is 54.6 Å². The zero-order valence-corrected chi connectivity index (χ0v) is 11.9. The van der Waals surface area contributed by atoms with Gasteiger partial charge in [0.15, 0.2) is 0 Å². The molecule has 1 aliphatic rings. The number of hydrogen-bond acceptors (Lipinski definition) is 3. The van der Waals surface area contributed by atoms with E-state index in [1.807, 2.05) is 49.4 Å². The summed E-state index contributed by atoms with van der Waals surface area (Å²) in [6.07, 6.45) is 0. The first-order valence-corrected chi connectivity index (χ1v) is 6.68. The van der Waals surface area contributed by atoms with Gasteiger partial charge in [0, 0.05) is 5.56 Å². The average molecular weight is 281 g/mol. The van der Waals surface area contributed by atoms with Crippen molar-refractivity contribution in [3.8, 4) is 0 Å². The molecule has 3 rings (SSSR count). The van der Waals surface area contributed by atoms with Gasteiger partial charge in [0.05, 0.1) is 12.5 Å². The molecular formula is C17H15NO3. The molecule has 0 bridgehead atoms. The monoisotopic (exact) mass is 281 g/mol. The summed E-state index contributed by atoms with van der Waals surface area (Å²) in [6.45, 7) is 1.82. The number of fused-ring (bicyclic) bond motifs is 1. The van der Waals surface area contributed by atoms with E-state index in [1.165, 1.54) is 7.11 Å². The van der Waals surface area contributed by atoms with Gasteiger partial charge in [0.2, 0.25) is 0 Å². The Morgan fingerprint density at radius 2 is 1.57 bits per heavy atom. The van der Waals surface area contributed by atoms with Crippen molar-refractivity contribution in [2.45, 2.75) is 12.3 Å². The predicted octanol–water partition coefficient (Wildman–Crippen LogP) is 2.54. The highest BCUT2D eigenvalue weighted by molar-refractivity contribution is 6.13. The average Bonchev–Trinajstić information content (AvgIpc) is 2.54. The molecule has 0 spiro atoms. The summed E-state index contributed by atoms with van der Waals surface area (Å²) < 4.78 is 0. The normalized spacial score (nSPS) is 21.3. The summed E-state index contributed by atoms with van der Waals surface area (Å²) in [4.78, 5) is 30.2. The molecule has 2 aromatic rings. The second-order valence-electron chi connectivity index (χ2n) is 5.12. The van der Waals surface area contributed by atoms with E-state index < -0.39 is 11.3 Å². The molecule has 4 nitrogen and oxygen atoms in total. The van der Waals surface area contributed by atoms with Gasteiger partial charge in [-0.25, -0.2) is 0 Å². The third-order valence-corrected chi connectivity index (χ3v) is 4.03. The minimum atomic E-state index is -0.943. The van der Waals surface area contributed by atoms with Crippen molar-refractivity contribution in [3.63, 3.8) is 0 Å². The number of nitrogens with zero attached hydrogens (tertiary/aromatic N) is 1. The number of amides is 2. The van der Waals surface area contributed by atoms with E-state index >= 15 is 0 Å². The van der Waals surface area contributed by atoms with E-state index in [1.54, 1.807) is 12.1 Å². The molecule has 0 saturated heterocycles. The molecule has 0 unspecified atom stereocenters. The van der Waals surface area contributed by atoms with Gasteiger partial charge in [0.1, 0.15) is 0 Å². The molecule has 0 aliphatic carbocycles. The van der Waals surface area contributed by atoms with Gasteiger partial charge in [-0.1, -0.05) is 48.5 Å². The minimum absolute atomic E-state index is 0.375. The lowest BCUT2D eigenvalue weighted by Crippen LogP contribution is -2.53. The van der Waals surface area contributed by atoms with Crippen molar-refractivity contribution in [1.82, 2.24) is 5.06 Å².